The number of benzene rings is 1. The van der Waals surface area contributed by atoms with Crippen LogP contribution in [0.15, 0.2) is 35.1 Å². The van der Waals surface area contributed by atoms with Crippen LogP contribution in [0, 0.1) is 5.82 Å². The third-order valence-corrected chi connectivity index (χ3v) is 3.83. The predicted molar refractivity (Wildman–Crippen MR) is 82.1 cm³/mol. The van der Waals surface area contributed by atoms with Crippen LogP contribution >= 0.6 is 15.9 Å². The van der Waals surface area contributed by atoms with E-state index >= 15 is 0 Å². The van der Waals surface area contributed by atoms with Crippen LogP contribution in [0.3, 0.4) is 0 Å². The zero-order valence-electron chi connectivity index (χ0n) is 11.7. The first-order chi connectivity index (χ1) is 9.67. The van der Waals surface area contributed by atoms with Gasteiger partial charge in [-0.1, -0.05) is 35.8 Å². The Bertz CT molecular complexity index is 548. The van der Waals surface area contributed by atoms with Crippen molar-refractivity contribution < 1.29 is 4.39 Å². The maximum absolute atomic E-state index is 14.2. The molecule has 1 unspecified atom stereocenters. The van der Waals surface area contributed by atoms with Crippen molar-refractivity contribution in [2.24, 2.45) is 0 Å². The SMILES string of the molecule is CCCn1cc(C(NCC)c2c(F)cccc2Br)cn1. The fraction of sp³-hybridized carbons (Fsp3) is 0.400. The average Bonchev–Trinajstić information content (AvgIpc) is 2.86. The maximum Gasteiger partial charge on any atom is 0.129 e. The Hall–Kier alpha value is -1.20. The second-order valence-electron chi connectivity index (χ2n) is 4.66. The lowest BCUT2D eigenvalue weighted by Crippen LogP contribution is -2.23. The van der Waals surface area contributed by atoms with Crippen LogP contribution in [0.1, 0.15) is 37.4 Å². The van der Waals surface area contributed by atoms with E-state index < -0.39 is 0 Å². The Morgan fingerprint density at radius 3 is 2.85 bits per heavy atom. The van der Waals surface area contributed by atoms with Crippen LogP contribution < -0.4 is 5.32 Å². The van der Waals surface area contributed by atoms with Gasteiger partial charge < -0.3 is 5.32 Å². The van der Waals surface area contributed by atoms with Gasteiger partial charge in [-0.25, -0.2) is 4.39 Å². The van der Waals surface area contributed by atoms with E-state index in [1.165, 1.54) is 6.07 Å². The molecule has 3 nitrogen and oxygen atoms in total. The molecule has 0 saturated heterocycles. The van der Waals surface area contributed by atoms with E-state index in [9.17, 15) is 4.39 Å². The highest BCUT2D eigenvalue weighted by atomic mass is 79.9. The molecule has 1 N–H and O–H groups in total. The summed E-state index contributed by atoms with van der Waals surface area (Å²) in [5.41, 5.74) is 1.61. The Kier molecular flexibility index (Phi) is 5.31. The van der Waals surface area contributed by atoms with Crippen LogP contribution in [0.2, 0.25) is 0 Å². The van der Waals surface area contributed by atoms with E-state index in [-0.39, 0.29) is 11.9 Å². The highest BCUT2D eigenvalue weighted by Gasteiger charge is 2.21. The van der Waals surface area contributed by atoms with Crippen molar-refractivity contribution in [3.8, 4) is 0 Å². The van der Waals surface area contributed by atoms with Crippen LogP contribution in [0.4, 0.5) is 4.39 Å². The summed E-state index contributed by atoms with van der Waals surface area (Å²) >= 11 is 3.45. The van der Waals surface area contributed by atoms with E-state index in [4.69, 9.17) is 0 Å². The van der Waals surface area contributed by atoms with Crippen LogP contribution in [-0.4, -0.2) is 16.3 Å². The van der Waals surface area contributed by atoms with Gasteiger partial charge in [0.05, 0.1) is 12.2 Å². The summed E-state index contributed by atoms with van der Waals surface area (Å²) in [6, 6.07) is 4.85. The van der Waals surface area contributed by atoms with E-state index in [1.54, 1.807) is 6.07 Å². The molecule has 0 aliphatic rings. The molecule has 0 radical (unpaired) electrons. The molecule has 0 spiro atoms. The first-order valence-corrected chi connectivity index (χ1v) is 7.66. The summed E-state index contributed by atoms with van der Waals surface area (Å²) in [6.07, 6.45) is 4.81. The van der Waals surface area contributed by atoms with Gasteiger partial charge in [0.1, 0.15) is 5.82 Å². The van der Waals surface area contributed by atoms with E-state index in [0.29, 0.717) is 5.56 Å². The van der Waals surface area contributed by atoms with Crippen LogP contribution in [0.25, 0.3) is 0 Å². The Labute approximate surface area is 127 Å². The monoisotopic (exact) mass is 339 g/mol. The number of hydrogen-bond acceptors (Lipinski definition) is 2. The summed E-state index contributed by atoms with van der Waals surface area (Å²) in [6.45, 7) is 5.75. The maximum atomic E-state index is 14.2. The van der Waals surface area contributed by atoms with Gasteiger partial charge in [-0.3, -0.25) is 4.68 Å². The number of aryl methyl sites for hydroxylation is 1. The Balaban J connectivity index is 2.39. The first-order valence-electron chi connectivity index (χ1n) is 6.87. The average molecular weight is 340 g/mol. The number of nitrogens with one attached hydrogen (secondary N) is 1. The van der Waals surface area contributed by atoms with Gasteiger partial charge in [0.15, 0.2) is 0 Å². The summed E-state index contributed by atoms with van der Waals surface area (Å²) in [7, 11) is 0. The van der Waals surface area contributed by atoms with Crippen molar-refractivity contribution in [1.29, 1.82) is 0 Å². The molecule has 20 heavy (non-hydrogen) atoms. The Morgan fingerprint density at radius 2 is 2.20 bits per heavy atom. The molecule has 0 aliphatic heterocycles. The molecule has 0 bridgehead atoms. The van der Waals surface area contributed by atoms with Gasteiger partial charge in [0.2, 0.25) is 0 Å². The zero-order chi connectivity index (χ0) is 14.5. The third-order valence-electron chi connectivity index (χ3n) is 3.14. The Morgan fingerprint density at radius 1 is 1.40 bits per heavy atom. The third kappa shape index (κ3) is 3.27. The van der Waals surface area contributed by atoms with Crippen LogP contribution in [-0.2, 0) is 6.54 Å². The molecule has 1 atom stereocenters. The zero-order valence-corrected chi connectivity index (χ0v) is 13.3. The molecule has 1 aromatic carbocycles. The molecule has 108 valence electrons. The minimum Gasteiger partial charge on any atom is -0.306 e. The molecule has 0 amide bonds. The summed E-state index contributed by atoms with van der Waals surface area (Å²) < 4.78 is 16.8. The normalized spacial score (nSPS) is 12.6. The van der Waals surface area contributed by atoms with Crippen molar-refractivity contribution in [1.82, 2.24) is 15.1 Å². The van der Waals surface area contributed by atoms with Gasteiger partial charge >= 0.3 is 0 Å². The molecular weight excluding hydrogens is 321 g/mol. The molecule has 2 rings (SSSR count). The molecular formula is C15H19BrFN3. The van der Waals surface area contributed by atoms with Crippen molar-refractivity contribution in [2.45, 2.75) is 32.9 Å². The lowest BCUT2D eigenvalue weighted by molar-refractivity contribution is 0.555. The van der Waals surface area contributed by atoms with Crippen LogP contribution in [0.5, 0.6) is 0 Å². The van der Waals surface area contributed by atoms with Crippen molar-refractivity contribution in [3.63, 3.8) is 0 Å². The summed E-state index contributed by atoms with van der Waals surface area (Å²) in [5, 5.41) is 7.66. The number of rotatable bonds is 6. The number of hydrogen-bond donors (Lipinski definition) is 1. The predicted octanol–water partition coefficient (Wildman–Crippen LogP) is 3.89. The standard InChI is InChI=1S/C15H19BrFN3/c1-3-8-20-10-11(9-19-20)15(18-4-2)14-12(16)6-5-7-13(14)17/h5-7,9-10,15,18H,3-4,8H2,1-2H3. The minimum absolute atomic E-state index is 0.193. The molecule has 2 aromatic rings. The largest absolute Gasteiger partial charge is 0.306 e. The quantitative estimate of drug-likeness (QED) is 0.865. The highest BCUT2D eigenvalue weighted by Crippen LogP contribution is 2.30. The number of nitrogens with zero attached hydrogens (tertiary/aromatic N) is 2. The fourth-order valence-electron chi connectivity index (χ4n) is 2.26. The van der Waals surface area contributed by atoms with Gasteiger partial charge in [0.25, 0.3) is 0 Å². The lowest BCUT2D eigenvalue weighted by Gasteiger charge is -2.19. The lowest BCUT2D eigenvalue weighted by atomic mass is 10.0. The number of halogens is 2. The topological polar surface area (TPSA) is 29.9 Å². The second kappa shape index (κ2) is 6.99. The molecule has 1 aromatic heterocycles. The number of aromatic nitrogens is 2. The van der Waals surface area contributed by atoms with E-state index in [2.05, 4.69) is 33.3 Å². The highest BCUT2D eigenvalue weighted by molar-refractivity contribution is 9.10. The molecule has 0 saturated carbocycles. The van der Waals surface area contributed by atoms with E-state index in [0.717, 1.165) is 29.5 Å². The van der Waals surface area contributed by atoms with Gasteiger partial charge in [-0.2, -0.15) is 5.10 Å². The fourth-order valence-corrected chi connectivity index (χ4v) is 2.83. The summed E-state index contributed by atoms with van der Waals surface area (Å²) in [5.74, 6) is -0.214. The smallest absolute Gasteiger partial charge is 0.129 e. The van der Waals surface area contributed by atoms with E-state index in [1.807, 2.05) is 30.1 Å². The molecule has 1 heterocycles. The second-order valence-corrected chi connectivity index (χ2v) is 5.52. The van der Waals surface area contributed by atoms with Crippen molar-refractivity contribution >= 4 is 15.9 Å². The van der Waals surface area contributed by atoms with Gasteiger partial charge in [0, 0.05) is 28.3 Å². The summed E-state index contributed by atoms with van der Waals surface area (Å²) in [4.78, 5) is 0. The molecule has 0 aliphatic carbocycles. The van der Waals surface area contributed by atoms with Gasteiger partial charge in [-0.05, 0) is 25.1 Å². The van der Waals surface area contributed by atoms with Crippen molar-refractivity contribution in [3.05, 3.63) is 52.0 Å². The minimum atomic E-state index is -0.214. The van der Waals surface area contributed by atoms with Crippen molar-refractivity contribution in [2.75, 3.05) is 6.54 Å². The van der Waals surface area contributed by atoms with Gasteiger partial charge in [-0.15, -0.1) is 0 Å². The molecule has 0 fully saturated rings. The molecule has 5 heteroatoms. The first kappa shape index (κ1) is 15.2.